The van der Waals surface area contributed by atoms with Gasteiger partial charge in [0.2, 0.25) is 0 Å². The van der Waals surface area contributed by atoms with Crippen LogP contribution in [-0.2, 0) is 0 Å². The Morgan fingerprint density at radius 3 is 2.21 bits per heavy atom. The van der Waals surface area contributed by atoms with Gasteiger partial charge in [0, 0.05) is 0 Å². The lowest BCUT2D eigenvalue weighted by Gasteiger charge is -2.15. The maximum Gasteiger partial charge on any atom is 0.119 e. The number of rotatable bonds is 5. The highest BCUT2D eigenvalue weighted by Gasteiger charge is 2.03. The Balaban J connectivity index is 2.63. The van der Waals surface area contributed by atoms with E-state index in [-0.39, 0.29) is 0 Å². The molecule has 1 rings (SSSR count). The number of benzene rings is 1. The van der Waals surface area contributed by atoms with E-state index >= 15 is 0 Å². The number of hydrogen-bond donors (Lipinski definition) is 0. The molecular formula is C13H18O. The predicted octanol–water partition coefficient (Wildman–Crippen LogP) is 3.90. The Morgan fingerprint density at radius 2 is 1.79 bits per heavy atom. The molecular weight excluding hydrogens is 172 g/mol. The van der Waals surface area contributed by atoms with Crippen LogP contribution in [0.3, 0.4) is 0 Å². The molecule has 0 fully saturated rings. The second-order valence-corrected chi connectivity index (χ2v) is 3.33. The Bertz CT molecular complexity index is 270. The zero-order valence-electron chi connectivity index (χ0n) is 8.99. The van der Waals surface area contributed by atoms with Gasteiger partial charge < -0.3 is 4.74 Å². The molecule has 0 spiro atoms. The van der Waals surface area contributed by atoms with Gasteiger partial charge in [-0.3, -0.25) is 0 Å². The van der Waals surface area contributed by atoms with E-state index in [1.165, 1.54) is 0 Å². The zero-order valence-corrected chi connectivity index (χ0v) is 8.99. The van der Waals surface area contributed by atoms with Crippen LogP contribution in [0.2, 0.25) is 0 Å². The van der Waals surface area contributed by atoms with Gasteiger partial charge >= 0.3 is 0 Å². The third-order valence-electron chi connectivity index (χ3n) is 2.33. The van der Waals surface area contributed by atoms with E-state index in [2.05, 4.69) is 20.4 Å². The summed E-state index contributed by atoms with van der Waals surface area (Å²) < 4.78 is 5.78. The smallest absolute Gasteiger partial charge is 0.119 e. The van der Waals surface area contributed by atoms with Crippen molar-refractivity contribution in [2.75, 3.05) is 0 Å². The van der Waals surface area contributed by atoms with Crippen molar-refractivity contribution >= 4 is 6.08 Å². The van der Waals surface area contributed by atoms with Gasteiger partial charge in [0.25, 0.3) is 0 Å². The van der Waals surface area contributed by atoms with Gasteiger partial charge in [0.05, 0.1) is 6.10 Å². The highest BCUT2D eigenvalue weighted by molar-refractivity contribution is 5.48. The van der Waals surface area contributed by atoms with Crippen molar-refractivity contribution in [1.82, 2.24) is 0 Å². The molecule has 0 aliphatic rings. The second kappa shape index (κ2) is 5.48. The minimum atomic E-state index is 0.338. The van der Waals surface area contributed by atoms with Crippen molar-refractivity contribution in [1.29, 1.82) is 0 Å². The first-order valence-corrected chi connectivity index (χ1v) is 5.19. The molecule has 1 nitrogen and oxygen atoms in total. The van der Waals surface area contributed by atoms with Gasteiger partial charge in [-0.1, -0.05) is 38.6 Å². The molecule has 0 saturated carbocycles. The normalized spacial score (nSPS) is 10.2. The second-order valence-electron chi connectivity index (χ2n) is 3.33. The van der Waals surface area contributed by atoms with Crippen molar-refractivity contribution in [2.24, 2.45) is 0 Å². The summed E-state index contributed by atoms with van der Waals surface area (Å²) in [4.78, 5) is 0. The summed E-state index contributed by atoms with van der Waals surface area (Å²) in [7, 11) is 0. The fourth-order valence-corrected chi connectivity index (χ4v) is 1.33. The van der Waals surface area contributed by atoms with Crippen molar-refractivity contribution in [3.63, 3.8) is 0 Å². The van der Waals surface area contributed by atoms with Crippen LogP contribution in [-0.4, -0.2) is 6.10 Å². The Morgan fingerprint density at radius 1 is 1.21 bits per heavy atom. The minimum Gasteiger partial charge on any atom is -0.490 e. The van der Waals surface area contributed by atoms with Crippen LogP contribution in [0.15, 0.2) is 30.8 Å². The molecule has 0 aliphatic heterocycles. The fourth-order valence-electron chi connectivity index (χ4n) is 1.33. The molecule has 0 unspecified atom stereocenters. The summed E-state index contributed by atoms with van der Waals surface area (Å²) >= 11 is 0. The average Bonchev–Trinajstić information content (AvgIpc) is 2.26. The zero-order chi connectivity index (χ0) is 10.4. The molecule has 0 saturated heterocycles. The summed E-state index contributed by atoms with van der Waals surface area (Å²) in [5, 5.41) is 0. The van der Waals surface area contributed by atoms with E-state index in [0.717, 1.165) is 24.2 Å². The van der Waals surface area contributed by atoms with Crippen molar-refractivity contribution in [3.8, 4) is 5.75 Å². The van der Waals surface area contributed by atoms with Crippen LogP contribution in [0.4, 0.5) is 0 Å². The van der Waals surface area contributed by atoms with Gasteiger partial charge in [0.15, 0.2) is 0 Å². The molecule has 1 aromatic carbocycles. The van der Waals surface area contributed by atoms with Crippen LogP contribution in [0.5, 0.6) is 5.75 Å². The Labute approximate surface area is 86.4 Å². The van der Waals surface area contributed by atoms with Crippen molar-refractivity contribution < 1.29 is 4.74 Å². The molecule has 76 valence electrons. The molecule has 0 radical (unpaired) electrons. The minimum absolute atomic E-state index is 0.338. The Kier molecular flexibility index (Phi) is 4.24. The molecule has 0 heterocycles. The van der Waals surface area contributed by atoms with E-state index in [1.807, 2.05) is 30.3 Å². The van der Waals surface area contributed by atoms with Crippen LogP contribution in [0.1, 0.15) is 32.3 Å². The lowest BCUT2D eigenvalue weighted by Crippen LogP contribution is -2.13. The van der Waals surface area contributed by atoms with Crippen molar-refractivity contribution in [3.05, 3.63) is 36.4 Å². The third kappa shape index (κ3) is 2.91. The first-order chi connectivity index (χ1) is 6.80. The van der Waals surface area contributed by atoms with Gasteiger partial charge in [-0.05, 0) is 30.5 Å². The van der Waals surface area contributed by atoms with E-state index in [0.29, 0.717) is 6.10 Å². The topological polar surface area (TPSA) is 9.23 Å². The maximum atomic E-state index is 5.78. The summed E-state index contributed by atoms with van der Waals surface area (Å²) in [5.41, 5.74) is 1.13. The standard InChI is InChI=1S/C13H18O/c1-4-11-7-9-13(10-8-11)14-12(5-2)6-3/h4,7-10,12H,1,5-6H2,2-3H3. The monoisotopic (exact) mass is 190 g/mol. The van der Waals surface area contributed by atoms with Crippen LogP contribution in [0, 0.1) is 0 Å². The van der Waals surface area contributed by atoms with Gasteiger partial charge in [-0.15, -0.1) is 0 Å². The van der Waals surface area contributed by atoms with Gasteiger partial charge in [0.1, 0.15) is 5.75 Å². The number of hydrogen-bond acceptors (Lipinski definition) is 1. The van der Waals surface area contributed by atoms with Gasteiger partial charge in [-0.2, -0.15) is 0 Å². The lowest BCUT2D eigenvalue weighted by atomic mass is 10.2. The average molecular weight is 190 g/mol. The molecule has 14 heavy (non-hydrogen) atoms. The maximum absolute atomic E-state index is 5.78. The lowest BCUT2D eigenvalue weighted by molar-refractivity contribution is 0.193. The van der Waals surface area contributed by atoms with E-state index in [4.69, 9.17) is 4.74 Å². The van der Waals surface area contributed by atoms with E-state index in [9.17, 15) is 0 Å². The molecule has 1 heteroatoms. The molecule has 0 N–H and O–H groups in total. The predicted molar refractivity (Wildman–Crippen MR) is 61.5 cm³/mol. The highest BCUT2D eigenvalue weighted by atomic mass is 16.5. The SMILES string of the molecule is C=Cc1ccc(OC(CC)CC)cc1. The molecule has 0 amide bonds. The third-order valence-corrected chi connectivity index (χ3v) is 2.33. The van der Waals surface area contributed by atoms with Crippen LogP contribution < -0.4 is 4.74 Å². The summed E-state index contributed by atoms with van der Waals surface area (Å²) in [6.45, 7) is 8.00. The fraction of sp³-hybridized carbons (Fsp3) is 0.385. The summed E-state index contributed by atoms with van der Waals surface area (Å²) in [6, 6.07) is 8.03. The van der Waals surface area contributed by atoms with E-state index in [1.54, 1.807) is 0 Å². The molecule has 0 aliphatic carbocycles. The molecule has 0 aromatic heterocycles. The highest BCUT2D eigenvalue weighted by Crippen LogP contribution is 2.16. The first-order valence-electron chi connectivity index (χ1n) is 5.19. The molecule has 0 atom stereocenters. The number of ether oxygens (including phenoxy) is 1. The van der Waals surface area contributed by atoms with Crippen LogP contribution in [0.25, 0.3) is 6.08 Å². The summed E-state index contributed by atoms with van der Waals surface area (Å²) in [6.07, 6.45) is 4.28. The largest absolute Gasteiger partial charge is 0.490 e. The Hall–Kier alpha value is -1.24. The molecule has 0 bridgehead atoms. The van der Waals surface area contributed by atoms with Crippen LogP contribution >= 0.6 is 0 Å². The van der Waals surface area contributed by atoms with Crippen molar-refractivity contribution in [2.45, 2.75) is 32.8 Å². The summed E-state index contributed by atoms with van der Waals surface area (Å²) in [5.74, 6) is 0.948. The van der Waals surface area contributed by atoms with E-state index < -0.39 is 0 Å². The quantitative estimate of drug-likeness (QED) is 0.684. The molecule has 1 aromatic rings. The van der Waals surface area contributed by atoms with Gasteiger partial charge in [-0.25, -0.2) is 0 Å². The first kappa shape index (κ1) is 10.8.